The number of nitrogens with one attached hydrogen (secondary N) is 1. The van der Waals surface area contributed by atoms with E-state index in [2.05, 4.69) is 5.32 Å². The molecule has 0 spiro atoms. The highest BCUT2D eigenvalue weighted by Gasteiger charge is 2.13. The molecule has 1 aliphatic heterocycles. The van der Waals surface area contributed by atoms with E-state index in [1.165, 1.54) is 0 Å². The van der Waals surface area contributed by atoms with E-state index in [0.717, 1.165) is 13.1 Å². The fraction of sp³-hybridized carbons (Fsp3) is 0.857. The van der Waals surface area contributed by atoms with Crippen molar-refractivity contribution >= 4 is 18.4 Å². The number of halogens is 1. The van der Waals surface area contributed by atoms with Gasteiger partial charge in [-0.2, -0.15) is 0 Å². The minimum absolute atomic E-state index is 0. The number of carboxylic acids is 1. The average molecular weight is 196 g/mol. The molecule has 0 saturated carbocycles. The van der Waals surface area contributed by atoms with Crippen LogP contribution in [-0.2, 0) is 9.53 Å². The van der Waals surface area contributed by atoms with Gasteiger partial charge >= 0.3 is 5.97 Å². The molecule has 0 aromatic carbocycles. The van der Waals surface area contributed by atoms with Gasteiger partial charge in [0.1, 0.15) is 0 Å². The first-order chi connectivity index (χ1) is 5.29. The van der Waals surface area contributed by atoms with E-state index >= 15 is 0 Å². The lowest BCUT2D eigenvalue weighted by molar-refractivity contribution is -0.138. The molecule has 1 saturated heterocycles. The molecule has 1 rings (SSSR count). The molecule has 12 heavy (non-hydrogen) atoms. The number of hydrogen-bond acceptors (Lipinski definition) is 3. The number of ether oxygens (including phenoxy) is 1. The third-order valence-electron chi connectivity index (χ3n) is 1.68. The van der Waals surface area contributed by atoms with Crippen molar-refractivity contribution in [1.29, 1.82) is 0 Å². The Kier molecular flexibility index (Phi) is 6.06. The number of aliphatic carboxylic acids is 1. The normalized spacial score (nSPS) is 22.8. The van der Waals surface area contributed by atoms with Crippen LogP contribution in [0.15, 0.2) is 0 Å². The lowest BCUT2D eigenvalue weighted by Crippen LogP contribution is -2.38. The molecule has 0 radical (unpaired) electrons. The minimum atomic E-state index is -0.751. The number of hydrogen-bond donors (Lipinski definition) is 2. The van der Waals surface area contributed by atoms with Crippen LogP contribution in [0.5, 0.6) is 0 Å². The van der Waals surface area contributed by atoms with Crippen LogP contribution in [0.25, 0.3) is 0 Å². The van der Waals surface area contributed by atoms with Crippen LogP contribution in [0.3, 0.4) is 0 Å². The molecule has 5 heteroatoms. The standard InChI is InChI=1S/C7H13NO3.ClH/c9-7(10)2-1-6-5-8-3-4-11-6;/h6,8H,1-5H2,(H,9,10);1H/t6-;/m1./s1. The quantitative estimate of drug-likeness (QED) is 0.679. The maximum atomic E-state index is 10.2. The lowest BCUT2D eigenvalue weighted by Gasteiger charge is -2.22. The molecule has 1 heterocycles. The molecular formula is C7H14ClNO3. The molecule has 0 aromatic heterocycles. The van der Waals surface area contributed by atoms with E-state index in [1.807, 2.05) is 0 Å². The zero-order valence-electron chi connectivity index (χ0n) is 6.78. The fourth-order valence-corrected chi connectivity index (χ4v) is 1.09. The van der Waals surface area contributed by atoms with Gasteiger partial charge in [-0.05, 0) is 6.42 Å². The molecular weight excluding hydrogens is 182 g/mol. The number of morpholine rings is 1. The predicted molar refractivity (Wildman–Crippen MR) is 46.7 cm³/mol. The monoisotopic (exact) mass is 195 g/mol. The van der Waals surface area contributed by atoms with Crippen LogP contribution in [-0.4, -0.2) is 36.9 Å². The second kappa shape index (κ2) is 6.22. The summed E-state index contributed by atoms with van der Waals surface area (Å²) in [5.74, 6) is -0.751. The van der Waals surface area contributed by atoms with Crippen LogP contribution < -0.4 is 5.32 Å². The molecule has 1 aliphatic rings. The van der Waals surface area contributed by atoms with E-state index in [4.69, 9.17) is 9.84 Å². The third-order valence-corrected chi connectivity index (χ3v) is 1.68. The summed E-state index contributed by atoms with van der Waals surface area (Å²) < 4.78 is 5.30. The van der Waals surface area contributed by atoms with Gasteiger partial charge in [0.05, 0.1) is 12.7 Å². The van der Waals surface area contributed by atoms with Crippen molar-refractivity contribution < 1.29 is 14.6 Å². The van der Waals surface area contributed by atoms with Gasteiger partial charge in [0.15, 0.2) is 0 Å². The molecule has 0 unspecified atom stereocenters. The second-order valence-electron chi connectivity index (χ2n) is 2.63. The van der Waals surface area contributed by atoms with E-state index in [0.29, 0.717) is 13.0 Å². The summed E-state index contributed by atoms with van der Waals surface area (Å²) in [6.07, 6.45) is 0.911. The van der Waals surface area contributed by atoms with E-state index < -0.39 is 5.97 Å². The summed E-state index contributed by atoms with van der Waals surface area (Å²) in [6, 6.07) is 0. The Morgan fingerprint density at radius 1 is 1.67 bits per heavy atom. The third kappa shape index (κ3) is 4.54. The highest BCUT2D eigenvalue weighted by Crippen LogP contribution is 2.03. The molecule has 1 fully saturated rings. The van der Waals surface area contributed by atoms with Crippen LogP contribution in [0, 0.1) is 0 Å². The van der Waals surface area contributed by atoms with Gasteiger partial charge in [0.2, 0.25) is 0 Å². The van der Waals surface area contributed by atoms with Gasteiger partial charge in [-0.3, -0.25) is 4.79 Å². The van der Waals surface area contributed by atoms with Crippen molar-refractivity contribution in [2.75, 3.05) is 19.7 Å². The topological polar surface area (TPSA) is 58.6 Å². The zero-order chi connectivity index (χ0) is 8.10. The van der Waals surface area contributed by atoms with E-state index in [9.17, 15) is 4.79 Å². The second-order valence-corrected chi connectivity index (χ2v) is 2.63. The summed E-state index contributed by atoms with van der Waals surface area (Å²) in [5.41, 5.74) is 0. The number of carboxylic acid groups (broad SMARTS) is 1. The van der Waals surface area contributed by atoms with E-state index in [-0.39, 0.29) is 24.9 Å². The van der Waals surface area contributed by atoms with E-state index in [1.54, 1.807) is 0 Å². The predicted octanol–water partition coefficient (Wildman–Crippen LogP) is 0.261. The molecule has 0 aromatic rings. The zero-order valence-corrected chi connectivity index (χ0v) is 7.60. The number of rotatable bonds is 3. The average Bonchev–Trinajstić information content (AvgIpc) is 2.03. The Morgan fingerprint density at radius 2 is 2.42 bits per heavy atom. The molecule has 2 N–H and O–H groups in total. The minimum Gasteiger partial charge on any atom is -0.481 e. The molecule has 0 bridgehead atoms. The highest BCUT2D eigenvalue weighted by atomic mass is 35.5. The first-order valence-electron chi connectivity index (χ1n) is 3.83. The fourth-order valence-electron chi connectivity index (χ4n) is 1.09. The number of carbonyl (C=O) groups is 1. The molecule has 0 amide bonds. The van der Waals surface area contributed by atoms with Gasteiger partial charge in [-0.25, -0.2) is 0 Å². The molecule has 72 valence electrons. The summed E-state index contributed by atoms with van der Waals surface area (Å²) >= 11 is 0. The van der Waals surface area contributed by atoms with Crippen molar-refractivity contribution in [3.05, 3.63) is 0 Å². The van der Waals surface area contributed by atoms with Crippen LogP contribution >= 0.6 is 12.4 Å². The lowest BCUT2D eigenvalue weighted by atomic mass is 10.2. The molecule has 1 atom stereocenters. The molecule has 0 aliphatic carbocycles. The summed E-state index contributed by atoms with van der Waals surface area (Å²) in [4.78, 5) is 10.2. The maximum Gasteiger partial charge on any atom is 0.303 e. The highest BCUT2D eigenvalue weighted by molar-refractivity contribution is 5.85. The summed E-state index contributed by atoms with van der Waals surface area (Å²) in [7, 11) is 0. The smallest absolute Gasteiger partial charge is 0.303 e. The van der Waals surface area contributed by atoms with Crippen molar-refractivity contribution in [3.63, 3.8) is 0 Å². The van der Waals surface area contributed by atoms with Gasteiger partial charge in [-0.1, -0.05) is 0 Å². The summed E-state index contributed by atoms with van der Waals surface area (Å²) in [6.45, 7) is 2.36. The Balaban J connectivity index is 0.00000121. The Bertz CT molecular complexity index is 137. The SMILES string of the molecule is Cl.O=C(O)CC[C@@H]1CNCCO1. The molecule has 4 nitrogen and oxygen atoms in total. The van der Waals surface area contributed by atoms with Gasteiger partial charge in [0.25, 0.3) is 0 Å². The maximum absolute atomic E-state index is 10.2. The van der Waals surface area contributed by atoms with Crippen LogP contribution in [0.1, 0.15) is 12.8 Å². The Morgan fingerprint density at radius 3 is 2.92 bits per heavy atom. The van der Waals surface area contributed by atoms with Crippen molar-refractivity contribution in [2.24, 2.45) is 0 Å². The van der Waals surface area contributed by atoms with Crippen LogP contribution in [0.4, 0.5) is 0 Å². The van der Waals surface area contributed by atoms with Crippen molar-refractivity contribution in [3.8, 4) is 0 Å². The van der Waals surface area contributed by atoms with Gasteiger partial charge < -0.3 is 15.2 Å². The largest absolute Gasteiger partial charge is 0.481 e. The van der Waals surface area contributed by atoms with Gasteiger partial charge in [0, 0.05) is 19.5 Å². The first kappa shape index (κ1) is 11.7. The summed E-state index contributed by atoms with van der Waals surface area (Å²) in [5, 5.41) is 11.5. The Labute approximate surface area is 77.7 Å². The van der Waals surface area contributed by atoms with Crippen molar-refractivity contribution in [2.45, 2.75) is 18.9 Å². The van der Waals surface area contributed by atoms with Crippen molar-refractivity contribution in [1.82, 2.24) is 5.32 Å². The Hall–Kier alpha value is -0.320. The van der Waals surface area contributed by atoms with Gasteiger partial charge in [-0.15, -0.1) is 12.4 Å². The van der Waals surface area contributed by atoms with Crippen LogP contribution in [0.2, 0.25) is 0 Å². The first-order valence-corrected chi connectivity index (χ1v) is 3.83.